The summed E-state index contributed by atoms with van der Waals surface area (Å²) in [7, 11) is -0.506. The Morgan fingerprint density at radius 3 is 2.12 bits per heavy atom. The second-order valence-corrected chi connectivity index (χ2v) is 18.3. The molecule has 0 amide bonds. The molecular formula is C32H58O7Si. The van der Waals surface area contributed by atoms with Crippen LogP contribution in [0.5, 0.6) is 0 Å². The van der Waals surface area contributed by atoms with Crippen molar-refractivity contribution >= 4 is 14.3 Å². The van der Waals surface area contributed by atoms with Gasteiger partial charge in [0.15, 0.2) is 20.9 Å². The lowest BCUT2D eigenvalue weighted by atomic mass is 9.89. The molecule has 0 spiro atoms. The SMILES string of the molecule is CCCCCC(/C=C/[C@@H]1[C@@H](CC(=O)OC)[C@@H](OC2CCCCO2)C[C@H]1OC1CCCCO1)O[Si](C)(C)C(C)(C)C. The number of hydrogen-bond acceptors (Lipinski definition) is 7. The van der Waals surface area contributed by atoms with Gasteiger partial charge in [0, 0.05) is 31.5 Å². The second-order valence-electron chi connectivity index (χ2n) is 13.5. The number of carbonyl (C=O) groups excluding carboxylic acids is 1. The van der Waals surface area contributed by atoms with Crippen molar-refractivity contribution in [2.75, 3.05) is 20.3 Å². The van der Waals surface area contributed by atoms with Gasteiger partial charge < -0.3 is 28.1 Å². The summed E-state index contributed by atoms with van der Waals surface area (Å²) < 4.78 is 37.2. The lowest BCUT2D eigenvalue weighted by Crippen LogP contribution is -2.43. The highest BCUT2D eigenvalue weighted by Crippen LogP contribution is 2.43. The minimum absolute atomic E-state index is 0.00471. The third-order valence-corrected chi connectivity index (χ3v) is 13.8. The van der Waals surface area contributed by atoms with Gasteiger partial charge in [-0.2, -0.15) is 0 Å². The largest absolute Gasteiger partial charge is 0.469 e. The summed E-state index contributed by atoms with van der Waals surface area (Å²) in [6.07, 6.45) is 15.6. The Balaban J connectivity index is 1.86. The number of unbranched alkanes of at least 4 members (excludes halogenated alkanes) is 2. The monoisotopic (exact) mass is 582 g/mol. The van der Waals surface area contributed by atoms with Crippen LogP contribution in [0.2, 0.25) is 18.1 Å². The van der Waals surface area contributed by atoms with Crippen LogP contribution in [-0.2, 0) is 32.9 Å². The lowest BCUT2D eigenvalue weighted by molar-refractivity contribution is -0.204. The molecule has 0 bridgehead atoms. The molecule has 2 saturated heterocycles. The summed E-state index contributed by atoms with van der Waals surface area (Å²) >= 11 is 0. The molecule has 0 aromatic carbocycles. The molecule has 232 valence electrons. The third-order valence-electron chi connectivity index (χ3n) is 9.32. The molecule has 0 N–H and O–H groups in total. The molecule has 1 saturated carbocycles. The highest BCUT2D eigenvalue weighted by atomic mass is 28.4. The molecule has 0 radical (unpaired) electrons. The average molecular weight is 583 g/mol. The van der Waals surface area contributed by atoms with E-state index in [1.165, 1.54) is 20.0 Å². The van der Waals surface area contributed by atoms with Crippen LogP contribution in [-0.4, -0.2) is 65.5 Å². The molecule has 3 aliphatic rings. The van der Waals surface area contributed by atoms with Crippen LogP contribution in [0.1, 0.15) is 105 Å². The van der Waals surface area contributed by atoms with E-state index in [4.69, 9.17) is 28.1 Å². The van der Waals surface area contributed by atoms with E-state index < -0.39 is 8.32 Å². The first-order valence-electron chi connectivity index (χ1n) is 16.0. The molecule has 1 aliphatic carbocycles. The molecule has 0 aromatic rings. The highest BCUT2D eigenvalue weighted by Gasteiger charge is 2.47. The highest BCUT2D eigenvalue weighted by molar-refractivity contribution is 6.74. The zero-order valence-electron chi connectivity index (χ0n) is 26.5. The van der Waals surface area contributed by atoms with Gasteiger partial charge in [0.05, 0.1) is 31.8 Å². The quantitative estimate of drug-likeness (QED) is 0.0907. The first-order chi connectivity index (χ1) is 19.0. The Labute approximate surface area is 245 Å². The molecule has 40 heavy (non-hydrogen) atoms. The summed E-state index contributed by atoms with van der Waals surface area (Å²) in [4.78, 5) is 12.6. The van der Waals surface area contributed by atoms with E-state index in [1.807, 2.05) is 0 Å². The smallest absolute Gasteiger partial charge is 0.305 e. The average Bonchev–Trinajstić information content (AvgIpc) is 3.22. The summed E-state index contributed by atoms with van der Waals surface area (Å²) in [6.45, 7) is 15.2. The fraction of sp³-hybridized carbons (Fsp3) is 0.906. The van der Waals surface area contributed by atoms with E-state index in [2.05, 4.69) is 52.9 Å². The number of esters is 1. The Morgan fingerprint density at radius 2 is 1.60 bits per heavy atom. The van der Waals surface area contributed by atoms with E-state index in [0.29, 0.717) is 6.42 Å². The van der Waals surface area contributed by atoms with E-state index >= 15 is 0 Å². The zero-order valence-corrected chi connectivity index (χ0v) is 27.5. The van der Waals surface area contributed by atoms with Gasteiger partial charge >= 0.3 is 5.97 Å². The van der Waals surface area contributed by atoms with E-state index in [9.17, 15) is 4.79 Å². The van der Waals surface area contributed by atoms with E-state index in [0.717, 1.165) is 64.6 Å². The first kappa shape index (κ1) is 33.7. The molecule has 2 heterocycles. The van der Waals surface area contributed by atoms with Crippen LogP contribution >= 0.6 is 0 Å². The fourth-order valence-electron chi connectivity index (χ4n) is 5.82. The molecule has 7 atom stereocenters. The van der Waals surface area contributed by atoms with Gasteiger partial charge in [0.25, 0.3) is 0 Å². The summed E-state index contributed by atoms with van der Waals surface area (Å²) in [5, 5.41) is 0.132. The van der Waals surface area contributed by atoms with Crippen molar-refractivity contribution in [2.24, 2.45) is 11.8 Å². The van der Waals surface area contributed by atoms with Gasteiger partial charge in [0.1, 0.15) is 0 Å². The third kappa shape index (κ3) is 10.2. The summed E-state index contributed by atoms with van der Waals surface area (Å²) in [5.41, 5.74) is 0. The van der Waals surface area contributed by atoms with Gasteiger partial charge in [-0.25, -0.2) is 0 Å². The van der Waals surface area contributed by atoms with Crippen LogP contribution in [0.3, 0.4) is 0 Å². The Bertz CT molecular complexity index is 768. The molecule has 3 rings (SSSR count). The molecule has 0 aromatic heterocycles. The number of methoxy groups -OCH3 is 1. The summed E-state index contributed by atoms with van der Waals surface area (Å²) in [6, 6.07) is 0. The van der Waals surface area contributed by atoms with Crippen molar-refractivity contribution in [3.05, 3.63) is 12.2 Å². The van der Waals surface area contributed by atoms with Crippen LogP contribution in [0, 0.1) is 11.8 Å². The maximum atomic E-state index is 12.6. The predicted molar refractivity (Wildman–Crippen MR) is 161 cm³/mol. The van der Waals surface area contributed by atoms with Gasteiger partial charge in [-0.3, -0.25) is 4.79 Å². The maximum Gasteiger partial charge on any atom is 0.305 e. The van der Waals surface area contributed by atoms with Crippen LogP contribution in [0.4, 0.5) is 0 Å². The molecular weight excluding hydrogens is 524 g/mol. The number of ether oxygens (including phenoxy) is 5. The Hall–Kier alpha value is -0.773. The normalized spacial score (nSPS) is 31.0. The maximum absolute atomic E-state index is 12.6. The zero-order chi connectivity index (χ0) is 29.2. The Kier molecular flexibility index (Phi) is 13.6. The number of carbonyl (C=O) groups is 1. The minimum atomic E-state index is -1.97. The molecule has 8 heteroatoms. The van der Waals surface area contributed by atoms with Crippen molar-refractivity contribution in [2.45, 2.75) is 154 Å². The predicted octanol–water partition coefficient (Wildman–Crippen LogP) is 7.54. The minimum Gasteiger partial charge on any atom is -0.469 e. The number of rotatable bonds is 14. The second kappa shape index (κ2) is 16.2. The van der Waals surface area contributed by atoms with E-state index in [1.54, 1.807) is 0 Å². The number of hydrogen-bond donors (Lipinski definition) is 0. The summed E-state index contributed by atoms with van der Waals surface area (Å²) in [5.74, 6) is -0.282. The van der Waals surface area contributed by atoms with Crippen molar-refractivity contribution in [1.82, 2.24) is 0 Å². The Morgan fingerprint density at radius 1 is 0.975 bits per heavy atom. The van der Waals surface area contributed by atoms with Crippen molar-refractivity contribution in [3.8, 4) is 0 Å². The molecule has 7 nitrogen and oxygen atoms in total. The molecule has 3 unspecified atom stereocenters. The molecule has 2 aliphatic heterocycles. The lowest BCUT2D eigenvalue weighted by Gasteiger charge is -2.39. The first-order valence-corrected chi connectivity index (χ1v) is 18.9. The van der Waals surface area contributed by atoms with Gasteiger partial charge in [-0.15, -0.1) is 0 Å². The van der Waals surface area contributed by atoms with Crippen molar-refractivity contribution < 1.29 is 32.9 Å². The van der Waals surface area contributed by atoms with Crippen LogP contribution < -0.4 is 0 Å². The van der Waals surface area contributed by atoms with Gasteiger partial charge in [-0.1, -0.05) is 59.1 Å². The van der Waals surface area contributed by atoms with Crippen LogP contribution in [0.25, 0.3) is 0 Å². The standard InChI is InChI=1S/C32H58O7Si/c1-8-9-10-15-24(39-40(6,7)32(2,3)4)18-19-25-26(22-29(33)34-5)28(38-31-17-12-14-21-36-31)23-27(25)37-30-16-11-13-20-35-30/h18-19,24-28,30-31H,8-17,20-23H2,1-7H3/b19-18+/t24?,25-,26-,27-,28+,30?,31?/m1/s1. The van der Waals surface area contributed by atoms with Gasteiger partial charge in [0.2, 0.25) is 0 Å². The fourth-order valence-corrected chi connectivity index (χ4v) is 7.13. The molecule has 3 fully saturated rings. The van der Waals surface area contributed by atoms with Crippen molar-refractivity contribution in [1.29, 1.82) is 0 Å². The van der Waals surface area contributed by atoms with Crippen molar-refractivity contribution in [3.63, 3.8) is 0 Å². The van der Waals surface area contributed by atoms with Crippen LogP contribution in [0.15, 0.2) is 12.2 Å². The topological polar surface area (TPSA) is 72.5 Å². The van der Waals surface area contributed by atoms with Gasteiger partial charge in [-0.05, 0) is 63.1 Å². The van der Waals surface area contributed by atoms with E-state index in [-0.39, 0.29) is 60.2 Å².